The minimum atomic E-state index is -0.157. The van der Waals surface area contributed by atoms with Crippen LogP contribution in [-0.4, -0.2) is 9.13 Å². The van der Waals surface area contributed by atoms with E-state index in [4.69, 9.17) is 0 Å². The minimum Gasteiger partial charge on any atom is -0.309 e. The summed E-state index contributed by atoms with van der Waals surface area (Å²) in [4.78, 5) is 0. The first-order chi connectivity index (χ1) is 25.9. The van der Waals surface area contributed by atoms with Crippen molar-refractivity contribution in [3.8, 4) is 11.4 Å². The first-order valence-corrected chi connectivity index (χ1v) is 19.3. The van der Waals surface area contributed by atoms with Crippen molar-refractivity contribution in [2.75, 3.05) is 0 Å². The first kappa shape index (κ1) is 33.9. The first-order valence-electron chi connectivity index (χ1n) is 19.3. The van der Waals surface area contributed by atoms with Gasteiger partial charge >= 0.3 is 0 Å². The van der Waals surface area contributed by atoms with Crippen LogP contribution in [0.4, 0.5) is 0 Å². The van der Waals surface area contributed by atoms with Crippen molar-refractivity contribution in [1.82, 2.24) is 9.13 Å². The van der Waals surface area contributed by atoms with Crippen LogP contribution in [0.5, 0.6) is 0 Å². The Kier molecular flexibility index (Phi) is 7.76. The molecule has 0 unspecified atom stereocenters. The topological polar surface area (TPSA) is 9.86 Å². The third kappa shape index (κ3) is 5.38. The molecule has 0 N–H and O–H groups in total. The predicted molar refractivity (Wildman–Crippen MR) is 231 cm³/mol. The van der Waals surface area contributed by atoms with Crippen LogP contribution in [0.25, 0.3) is 55.0 Å². The van der Waals surface area contributed by atoms with Crippen LogP contribution in [-0.2, 0) is 10.8 Å². The molecular formula is C52H48N2. The Morgan fingerprint density at radius 1 is 0.296 bits per heavy atom. The second kappa shape index (κ2) is 12.4. The van der Waals surface area contributed by atoms with Gasteiger partial charge in [0.05, 0.1) is 22.1 Å². The normalized spacial score (nSPS) is 12.4. The van der Waals surface area contributed by atoms with Crippen molar-refractivity contribution in [2.24, 2.45) is 0 Å². The summed E-state index contributed by atoms with van der Waals surface area (Å²) < 4.78 is 4.85. The van der Waals surface area contributed by atoms with Crippen molar-refractivity contribution in [3.05, 3.63) is 190 Å². The molecule has 0 bridgehead atoms. The van der Waals surface area contributed by atoms with Crippen molar-refractivity contribution in [2.45, 2.75) is 66.2 Å². The summed E-state index contributed by atoms with van der Waals surface area (Å²) >= 11 is 0. The molecule has 0 radical (unpaired) electrons. The molecule has 266 valence electrons. The van der Waals surface area contributed by atoms with Gasteiger partial charge in [-0.1, -0.05) is 125 Å². The number of rotatable bonds is 6. The predicted octanol–water partition coefficient (Wildman–Crippen LogP) is 13.8. The third-order valence-electron chi connectivity index (χ3n) is 12.2. The molecule has 9 rings (SSSR count). The molecule has 2 nitrogen and oxygen atoms in total. The van der Waals surface area contributed by atoms with Crippen LogP contribution in [0.15, 0.2) is 146 Å². The summed E-state index contributed by atoms with van der Waals surface area (Å²) in [6.07, 6.45) is 0. The van der Waals surface area contributed by atoms with Crippen LogP contribution < -0.4 is 0 Å². The standard InChI is InChI=1S/C52H48N2/c1-33-9-25-43-44-26-10-34(2)30-48(44)53(47(43)29-33)41-21-17-39(18-22-41)51(5,6)37-13-15-38(16-14-37)52(7,8)40-19-23-42(24-20-40)54-49-31-35(3)11-27-45(49)46-28-12-36(4)32-50(46)54/h9-32H,1-8H3. The Labute approximate surface area is 319 Å². The van der Waals surface area contributed by atoms with E-state index in [2.05, 4.69) is 210 Å². The zero-order valence-electron chi connectivity index (χ0n) is 32.8. The quantitative estimate of drug-likeness (QED) is 0.163. The molecule has 2 aromatic heterocycles. The molecule has 2 heterocycles. The molecule has 7 aromatic carbocycles. The van der Waals surface area contributed by atoms with Crippen molar-refractivity contribution in [1.29, 1.82) is 0 Å². The molecule has 0 saturated carbocycles. The van der Waals surface area contributed by atoms with E-state index in [0.717, 1.165) is 0 Å². The molecule has 0 aliphatic heterocycles. The molecule has 0 fully saturated rings. The fourth-order valence-corrected chi connectivity index (χ4v) is 8.72. The summed E-state index contributed by atoms with van der Waals surface area (Å²) in [6, 6.07) is 55.0. The van der Waals surface area contributed by atoms with E-state index in [-0.39, 0.29) is 10.8 Å². The van der Waals surface area contributed by atoms with Gasteiger partial charge in [-0.3, -0.25) is 0 Å². The second-order valence-corrected chi connectivity index (χ2v) is 16.7. The van der Waals surface area contributed by atoms with Gasteiger partial charge in [0, 0.05) is 43.7 Å². The van der Waals surface area contributed by atoms with E-state index < -0.39 is 0 Å². The number of fused-ring (bicyclic) bond motifs is 6. The van der Waals surface area contributed by atoms with Gasteiger partial charge in [0.2, 0.25) is 0 Å². The lowest BCUT2D eigenvalue weighted by Gasteiger charge is -2.30. The maximum Gasteiger partial charge on any atom is 0.0543 e. The smallest absolute Gasteiger partial charge is 0.0543 e. The Morgan fingerprint density at radius 3 is 0.759 bits per heavy atom. The van der Waals surface area contributed by atoms with E-state index in [0.29, 0.717) is 0 Å². The summed E-state index contributed by atoms with van der Waals surface area (Å²) in [6.45, 7) is 18.1. The molecule has 0 aliphatic rings. The van der Waals surface area contributed by atoms with Crippen molar-refractivity contribution in [3.63, 3.8) is 0 Å². The van der Waals surface area contributed by atoms with E-state index in [1.54, 1.807) is 0 Å². The second-order valence-electron chi connectivity index (χ2n) is 16.7. The highest BCUT2D eigenvalue weighted by Crippen LogP contribution is 2.39. The molecule has 0 atom stereocenters. The Morgan fingerprint density at radius 2 is 0.519 bits per heavy atom. The fraction of sp³-hybridized carbons (Fsp3) is 0.192. The van der Waals surface area contributed by atoms with Gasteiger partial charge in [0.25, 0.3) is 0 Å². The number of nitrogens with zero attached hydrogens (tertiary/aromatic N) is 2. The lowest BCUT2D eigenvalue weighted by atomic mass is 9.74. The van der Waals surface area contributed by atoms with E-state index in [1.807, 2.05) is 0 Å². The number of hydrogen-bond acceptors (Lipinski definition) is 0. The molecule has 54 heavy (non-hydrogen) atoms. The van der Waals surface area contributed by atoms with Crippen LogP contribution in [0.1, 0.15) is 72.2 Å². The highest BCUT2D eigenvalue weighted by Gasteiger charge is 2.27. The van der Waals surface area contributed by atoms with E-state index in [1.165, 1.54) is 99.5 Å². The maximum atomic E-state index is 2.43. The average molecular weight is 701 g/mol. The summed E-state index contributed by atoms with van der Waals surface area (Å²) in [5, 5.41) is 5.19. The summed E-state index contributed by atoms with van der Waals surface area (Å²) in [5.41, 5.74) is 17.4. The summed E-state index contributed by atoms with van der Waals surface area (Å²) in [7, 11) is 0. The number of aryl methyl sites for hydroxylation is 4. The molecule has 0 aliphatic carbocycles. The van der Waals surface area contributed by atoms with Gasteiger partial charge in [-0.05, 0) is 121 Å². The Bertz CT molecular complexity index is 2560. The summed E-state index contributed by atoms with van der Waals surface area (Å²) in [5.74, 6) is 0. The number of aromatic nitrogens is 2. The van der Waals surface area contributed by atoms with Gasteiger partial charge in [0.1, 0.15) is 0 Å². The third-order valence-corrected chi connectivity index (χ3v) is 12.2. The Balaban J connectivity index is 1.01. The minimum absolute atomic E-state index is 0.157. The fourth-order valence-electron chi connectivity index (χ4n) is 8.72. The van der Waals surface area contributed by atoms with Gasteiger partial charge in [-0.15, -0.1) is 0 Å². The lowest BCUT2D eigenvalue weighted by Crippen LogP contribution is -2.21. The number of hydrogen-bond donors (Lipinski definition) is 0. The van der Waals surface area contributed by atoms with E-state index >= 15 is 0 Å². The molecule has 0 saturated heterocycles. The molecule has 0 spiro atoms. The SMILES string of the molecule is Cc1ccc2c3ccc(C)cc3n(-c3ccc(C(C)(C)c4ccc(C(C)(C)c5ccc(-n6c7cc(C)ccc7c7ccc(C)cc76)cc5)cc4)cc3)c2c1. The lowest BCUT2D eigenvalue weighted by molar-refractivity contribution is 0.626. The van der Waals surface area contributed by atoms with E-state index in [9.17, 15) is 0 Å². The van der Waals surface area contributed by atoms with Crippen LogP contribution in [0, 0.1) is 27.7 Å². The molecular weight excluding hydrogens is 653 g/mol. The number of benzene rings is 7. The zero-order chi connectivity index (χ0) is 37.5. The van der Waals surface area contributed by atoms with Gasteiger partial charge in [-0.25, -0.2) is 0 Å². The largest absolute Gasteiger partial charge is 0.309 e. The molecule has 0 amide bonds. The Hall–Kier alpha value is -5.86. The maximum absolute atomic E-state index is 2.43. The highest BCUT2D eigenvalue weighted by atomic mass is 15.0. The molecule has 9 aromatic rings. The van der Waals surface area contributed by atoms with Crippen LogP contribution in [0.3, 0.4) is 0 Å². The van der Waals surface area contributed by atoms with Crippen molar-refractivity contribution < 1.29 is 0 Å². The zero-order valence-corrected chi connectivity index (χ0v) is 32.8. The van der Waals surface area contributed by atoms with Gasteiger partial charge < -0.3 is 9.13 Å². The highest BCUT2D eigenvalue weighted by molar-refractivity contribution is 6.10. The molecule has 2 heteroatoms. The monoisotopic (exact) mass is 700 g/mol. The van der Waals surface area contributed by atoms with Crippen LogP contribution in [0.2, 0.25) is 0 Å². The average Bonchev–Trinajstić information content (AvgIpc) is 3.65. The van der Waals surface area contributed by atoms with Crippen molar-refractivity contribution >= 4 is 43.6 Å². The van der Waals surface area contributed by atoms with Gasteiger partial charge in [0.15, 0.2) is 0 Å². The van der Waals surface area contributed by atoms with Crippen LogP contribution >= 0.6 is 0 Å². The van der Waals surface area contributed by atoms with Gasteiger partial charge in [-0.2, -0.15) is 0 Å².